The van der Waals surface area contributed by atoms with Gasteiger partial charge in [0.25, 0.3) is 0 Å². The van der Waals surface area contributed by atoms with Gasteiger partial charge in [-0.05, 0) is 24.7 Å². The zero-order valence-corrected chi connectivity index (χ0v) is 11.4. The first-order chi connectivity index (χ1) is 8.76. The second-order valence-electron chi connectivity index (χ2n) is 5.25. The van der Waals surface area contributed by atoms with Crippen LogP contribution in [0.15, 0.2) is 6.07 Å². The molecule has 0 spiro atoms. The Morgan fingerprint density at radius 3 is 2.72 bits per heavy atom. The van der Waals surface area contributed by atoms with Crippen molar-refractivity contribution in [2.24, 2.45) is 11.8 Å². The van der Waals surface area contributed by atoms with Gasteiger partial charge in [-0.3, -0.25) is 0 Å². The van der Waals surface area contributed by atoms with Gasteiger partial charge in [-0.1, -0.05) is 18.0 Å². The normalized spacial score (nSPS) is 26.7. The van der Waals surface area contributed by atoms with E-state index in [4.69, 9.17) is 16.3 Å². The molecule has 1 aliphatic heterocycles. The fraction of sp³-hybridized carbons (Fsp3) is 0.692. The first kappa shape index (κ1) is 12.2. The van der Waals surface area contributed by atoms with Gasteiger partial charge in [-0.2, -0.15) is 0 Å². The summed E-state index contributed by atoms with van der Waals surface area (Å²) in [5, 5.41) is 0.504. The first-order valence-electron chi connectivity index (χ1n) is 6.53. The van der Waals surface area contributed by atoms with Crippen molar-refractivity contribution in [2.45, 2.75) is 25.9 Å². The summed E-state index contributed by atoms with van der Waals surface area (Å²) < 4.78 is 5.07. The summed E-state index contributed by atoms with van der Waals surface area (Å²) in [5.74, 6) is 3.32. The molecule has 4 nitrogen and oxygen atoms in total. The van der Waals surface area contributed by atoms with Crippen molar-refractivity contribution in [3.8, 4) is 0 Å². The minimum Gasteiger partial charge on any atom is -0.377 e. The molecule has 0 amide bonds. The Labute approximate surface area is 112 Å². The molecule has 1 aromatic rings. The second kappa shape index (κ2) is 5.02. The van der Waals surface area contributed by atoms with Crippen LogP contribution in [0.2, 0.25) is 5.15 Å². The minimum atomic E-state index is 0.411. The summed E-state index contributed by atoms with van der Waals surface area (Å²) in [7, 11) is 1.64. The average molecular weight is 268 g/mol. The Bertz CT molecular complexity index is 428. The van der Waals surface area contributed by atoms with Crippen LogP contribution in [0.1, 0.15) is 25.1 Å². The van der Waals surface area contributed by atoms with Crippen molar-refractivity contribution in [3.05, 3.63) is 17.0 Å². The molecule has 1 saturated carbocycles. The summed E-state index contributed by atoms with van der Waals surface area (Å²) in [6.07, 6.45) is 4.12. The van der Waals surface area contributed by atoms with E-state index in [0.717, 1.165) is 30.7 Å². The van der Waals surface area contributed by atoms with Gasteiger partial charge in [0, 0.05) is 26.3 Å². The number of anilines is 1. The molecule has 1 aromatic heterocycles. The van der Waals surface area contributed by atoms with E-state index in [2.05, 4.69) is 14.9 Å². The molecular formula is C13H18ClN3O. The highest BCUT2D eigenvalue weighted by Gasteiger charge is 2.36. The van der Waals surface area contributed by atoms with Gasteiger partial charge in [0.05, 0.1) is 0 Å². The molecule has 0 aromatic carbocycles. The molecule has 3 rings (SSSR count). The van der Waals surface area contributed by atoms with E-state index in [1.54, 1.807) is 7.11 Å². The number of halogens is 1. The van der Waals surface area contributed by atoms with Crippen molar-refractivity contribution in [3.63, 3.8) is 0 Å². The van der Waals surface area contributed by atoms with Crippen LogP contribution in [0.5, 0.6) is 0 Å². The highest BCUT2D eigenvalue weighted by Crippen LogP contribution is 2.39. The van der Waals surface area contributed by atoms with Gasteiger partial charge in [0.15, 0.2) is 5.82 Å². The Morgan fingerprint density at radius 1 is 1.33 bits per heavy atom. The number of ether oxygens (including phenoxy) is 1. The quantitative estimate of drug-likeness (QED) is 0.789. The maximum absolute atomic E-state index is 6.05. The second-order valence-corrected chi connectivity index (χ2v) is 5.64. The molecule has 18 heavy (non-hydrogen) atoms. The molecular weight excluding hydrogens is 250 g/mol. The number of nitrogens with zero attached hydrogens (tertiary/aromatic N) is 3. The zero-order chi connectivity index (χ0) is 12.5. The molecule has 0 radical (unpaired) electrons. The molecule has 2 heterocycles. The van der Waals surface area contributed by atoms with Crippen molar-refractivity contribution < 1.29 is 4.74 Å². The summed E-state index contributed by atoms with van der Waals surface area (Å²) in [4.78, 5) is 11.1. The van der Waals surface area contributed by atoms with Gasteiger partial charge < -0.3 is 9.64 Å². The lowest BCUT2D eigenvalue weighted by Crippen LogP contribution is -2.22. The van der Waals surface area contributed by atoms with E-state index >= 15 is 0 Å². The predicted molar refractivity (Wildman–Crippen MR) is 70.8 cm³/mol. The van der Waals surface area contributed by atoms with Crippen molar-refractivity contribution in [2.75, 3.05) is 25.1 Å². The number of rotatable bonds is 3. The van der Waals surface area contributed by atoms with Crippen LogP contribution in [0, 0.1) is 11.8 Å². The highest BCUT2D eigenvalue weighted by molar-refractivity contribution is 6.29. The molecule has 2 atom stereocenters. The number of aromatic nitrogens is 2. The topological polar surface area (TPSA) is 38.2 Å². The SMILES string of the molecule is COCc1nc(Cl)cc(N2CC3CCCC3C2)n1. The molecule has 0 bridgehead atoms. The van der Waals surface area contributed by atoms with E-state index in [0.29, 0.717) is 17.6 Å². The van der Waals surface area contributed by atoms with Crippen LogP contribution in [0.3, 0.4) is 0 Å². The van der Waals surface area contributed by atoms with Crippen molar-refractivity contribution in [1.29, 1.82) is 0 Å². The Morgan fingerprint density at radius 2 is 2.06 bits per heavy atom. The molecule has 2 aliphatic rings. The third-order valence-corrected chi connectivity index (χ3v) is 4.25. The maximum Gasteiger partial charge on any atom is 0.158 e. The average Bonchev–Trinajstić information content (AvgIpc) is 2.88. The lowest BCUT2D eigenvalue weighted by atomic mass is 10.0. The van der Waals surface area contributed by atoms with Crippen molar-refractivity contribution >= 4 is 17.4 Å². The fourth-order valence-corrected chi connectivity index (χ4v) is 3.42. The van der Waals surface area contributed by atoms with E-state index in [-0.39, 0.29) is 0 Å². The molecule has 1 aliphatic carbocycles. The van der Waals surface area contributed by atoms with Crippen LogP contribution >= 0.6 is 11.6 Å². The standard InChI is InChI=1S/C13H18ClN3O/c1-18-8-12-15-11(14)5-13(16-12)17-6-9-3-2-4-10(9)7-17/h5,9-10H,2-4,6-8H2,1H3. The van der Waals surface area contributed by atoms with E-state index < -0.39 is 0 Å². The van der Waals surface area contributed by atoms with Gasteiger partial charge in [0.1, 0.15) is 17.6 Å². The molecule has 98 valence electrons. The summed E-state index contributed by atoms with van der Waals surface area (Å²) >= 11 is 6.05. The number of fused-ring (bicyclic) bond motifs is 1. The Balaban J connectivity index is 1.79. The minimum absolute atomic E-state index is 0.411. The van der Waals surface area contributed by atoms with Crippen LogP contribution in [-0.4, -0.2) is 30.2 Å². The van der Waals surface area contributed by atoms with Crippen molar-refractivity contribution in [1.82, 2.24) is 9.97 Å². The van der Waals surface area contributed by atoms with Crippen LogP contribution in [0.25, 0.3) is 0 Å². The lowest BCUT2D eigenvalue weighted by molar-refractivity contribution is 0.178. The molecule has 2 fully saturated rings. The lowest BCUT2D eigenvalue weighted by Gasteiger charge is -2.19. The van der Waals surface area contributed by atoms with Gasteiger partial charge in [-0.15, -0.1) is 0 Å². The van der Waals surface area contributed by atoms with E-state index in [1.807, 2.05) is 6.07 Å². The summed E-state index contributed by atoms with van der Waals surface area (Å²) in [6, 6.07) is 1.86. The number of hydrogen-bond donors (Lipinski definition) is 0. The molecule has 5 heteroatoms. The summed E-state index contributed by atoms with van der Waals surface area (Å²) in [5.41, 5.74) is 0. The fourth-order valence-electron chi connectivity index (χ4n) is 3.23. The van der Waals surface area contributed by atoms with Crippen LogP contribution < -0.4 is 4.90 Å². The van der Waals surface area contributed by atoms with Crippen LogP contribution in [0.4, 0.5) is 5.82 Å². The van der Waals surface area contributed by atoms with Gasteiger partial charge >= 0.3 is 0 Å². The zero-order valence-electron chi connectivity index (χ0n) is 10.6. The number of hydrogen-bond acceptors (Lipinski definition) is 4. The molecule has 2 unspecified atom stereocenters. The van der Waals surface area contributed by atoms with Crippen LogP contribution in [-0.2, 0) is 11.3 Å². The molecule has 0 N–H and O–H groups in total. The van der Waals surface area contributed by atoms with Gasteiger partial charge in [0.2, 0.25) is 0 Å². The highest BCUT2D eigenvalue weighted by atomic mass is 35.5. The number of methoxy groups -OCH3 is 1. The van der Waals surface area contributed by atoms with E-state index in [1.165, 1.54) is 19.3 Å². The Hall–Kier alpha value is -0.870. The third-order valence-electron chi connectivity index (χ3n) is 4.05. The maximum atomic E-state index is 6.05. The monoisotopic (exact) mass is 267 g/mol. The smallest absolute Gasteiger partial charge is 0.158 e. The molecule has 1 saturated heterocycles. The first-order valence-corrected chi connectivity index (χ1v) is 6.91. The predicted octanol–water partition coefficient (Wildman–Crippen LogP) is 2.51. The van der Waals surface area contributed by atoms with E-state index in [9.17, 15) is 0 Å². The summed E-state index contributed by atoms with van der Waals surface area (Å²) in [6.45, 7) is 2.64. The Kier molecular flexibility index (Phi) is 3.39. The largest absolute Gasteiger partial charge is 0.377 e. The van der Waals surface area contributed by atoms with Gasteiger partial charge in [-0.25, -0.2) is 9.97 Å². The third kappa shape index (κ3) is 2.31.